The number of primary sulfonamides is 1. The monoisotopic (exact) mass is 452 g/mol. The number of amides is 1. The summed E-state index contributed by atoms with van der Waals surface area (Å²) in [5.74, 6) is -1.24. The zero-order valence-corrected chi connectivity index (χ0v) is 18.1. The molecule has 1 aromatic heterocycles. The molecule has 1 amide bonds. The quantitative estimate of drug-likeness (QED) is 0.355. The van der Waals surface area contributed by atoms with Gasteiger partial charge in [-0.25, -0.2) is 13.6 Å². The third-order valence-electron chi connectivity index (χ3n) is 5.24. The number of aryl methyl sites for hydroxylation is 2. The lowest BCUT2D eigenvalue weighted by Gasteiger charge is -2.23. The van der Waals surface area contributed by atoms with E-state index in [9.17, 15) is 23.1 Å². The number of aliphatic hydroxyl groups is 1. The molecule has 2 aromatic carbocycles. The van der Waals surface area contributed by atoms with Gasteiger partial charge in [0.05, 0.1) is 10.5 Å². The maximum Gasteiger partial charge on any atom is 0.300 e. The summed E-state index contributed by atoms with van der Waals surface area (Å²) < 4.78 is 28.9. The number of nitrogens with two attached hydrogens (primary N) is 1. The van der Waals surface area contributed by atoms with Gasteiger partial charge in [0.1, 0.15) is 23.3 Å². The summed E-state index contributed by atoms with van der Waals surface area (Å²) in [7, 11) is -3.93. The minimum atomic E-state index is -3.93. The Balaban J connectivity index is 1.90. The second-order valence-electron chi connectivity index (χ2n) is 7.52. The van der Waals surface area contributed by atoms with Crippen molar-refractivity contribution < 1.29 is 27.5 Å². The van der Waals surface area contributed by atoms with Crippen molar-refractivity contribution >= 4 is 33.2 Å². The van der Waals surface area contributed by atoms with Crippen LogP contribution < -0.4 is 10.0 Å². The lowest BCUT2D eigenvalue weighted by Crippen LogP contribution is -2.29. The van der Waals surface area contributed by atoms with Crippen LogP contribution in [0.5, 0.6) is 0 Å². The number of sulfonamides is 1. The average Bonchev–Trinajstić information content (AvgIpc) is 3.28. The molecule has 1 aliphatic rings. The molecule has 32 heavy (non-hydrogen) atoms. The first-order valence-electron chi connectivity index (χ1n) is 9.65. The van der Waals surface area contributed by atoms with Crippen molar-refractivity contribution in [3.63, 3.8) is 0 Å². The Hall–Kier alpha value is -3.69. The Morgan fingerprint density at radius 3 is 2.12 bits per heavy atom. The van der Waals surface area contributed by atoms with Gasteiger partial charge in [-0.05, 0) is 50.2 Å². The molecule has 0 bridgehead atoms. The fourth-order valence-electron chi connectivity index (χ4n) is 3.63. The van der Waals surface area contributed by atoms with Crippen LogP contribution >= 0.6 is 0 Å². The molecule has 1 atom stereocenters. The van der Waals surface area contributed by atoms with Crippen LogP contribution in [0, 0.1) is 13.8 Å². The second-order valence-corrected chi connectivity index (χ2v) is 9.08. The molecule has 9 heteroatoms. The first kappa shape index (κ1) is 21.5. The average molecular weight is 452 g/mol. The lowest BCUT2D eigenvalue weighted by molar-refractivity contribution is -0.132. The van der Waals surface area contributed by atoms with Gasteiger partial charge in [0.15, 0.2) is 0 Å². The highest BCUT2D eigenvalue weighted by molar-refractivity contribution is 7.89. The van der Waals surface area contributed by atoms with Gasteiger partial charge in [0.25, 0.3) is 11.7 Å². The highest BCUT2D eigenvalue weighted by atomic mass is 32.2. The van der Waals surface area contributed by atoms with Crippen molar-refractivity contribution in [1.82, 2.24) is 0 Å². The number of furan rings is 1. The minimum Gasteiger partial charge on any atom is -0.507 e. The van der Waals surface area contributed by atoms with Gasteiger partial charge in [-0.2, -0.15) is 0 Å². The first-order chi connectivity index (χ1) is 15.1. The topological polar surface area (TPSA) is 131 Å². The fraction of sp³-hybridized carbons (Fsp3) is 0.130. The van der Waals surface area contributed by atoms with Gasteiger partial charge in [0.2, 0.25) is 10.0 Å². The molecule has 1 saturated heterocycles. The van der Waals surface area contributed by atoms with Gasteiger partial charge in [-0.15, -0.1) is 0 Å². The number of Topliss-reactive ketones (excluding diaryl/α,β-unsaturated/α-hetero) is 1. The molecule has 3 aromatic rings. The van der Waals surface area contributed by atoms with Crippen LogP contribution in [0.4, 0.5) is 5.69 Å². The zero-order chi connectivity index (χ0) is 23.2. The number of ketones is 1. The van der Waals surface area contributed by atoms with E-state index in [1.54, 1.807) is 43.3 Å². The van der Waals surface area contributed by atoms with Crippen molar-refractivity contribution in [2.75, 3.05) is 4.90 Å². The van der Waals surface area contributed by atoms with Crippen molar-refractivity contribution in [3.05, 3.63) is 88.9 Å². The number of carbonyl (C=O) groups is 2. The summed E-state index contributed by atoms with van der Waals surface area (Å²) >= 11 is 0. The molecule has 0 aliphatic carbocycles. The van der Waals surface area contributed by atoms with E-state index in [1.165, 1.54) is 29.2 Å². The number of anilines is 1. The van der Waals surface area contributed by atoms with E-state index in [-0.39, 0.29) is 27.7 Å². The molecule has 2 heterocycles. The van der Waals surface area contributed by atoms with Crippen LogP contribution in [0.3, 0.4) is 0 Å². The molecule has 0 radical (unpaired) electrons. The van der Waals surface area contributed by atoms with Crippen molar-refractivity contribution in [1.29, 1.82) is 0 Å². The molecule has 4 rings (SSSR count). The predicted octanol–water partition coefficient (Wildman–Crippen LogP) is 3.17. The number of hydrogen-bond acceptors (Lipinski definition) is 6. The number of nitrogens with zero attached hydrogens (tertiary/aromatic N) is 1. The number of carbonyl (C=O) groups excluding carboxylic acids is 2. The van der Waals surface area contributed by atoms with Gasteiger partial charge < -0.3 is 9.52 Å². The summed E-state index contributed by atoms with van der Waals surface area (Å²) in [4.78, 5) is 27.1. The number of hydrogen-bond donors (Lipinski definition) is 2. The summed E-state index contributed by atoms with van der Waals surface area (Å²) in [5.41, 5.74) is 1.48. The maximum atomic E-state index is 13.0. The standard InChI is InChI=1S/C23H20N2O6S/c1-13-3-6-15(7-4-13)21(26)19-20(18-12-5-14(2)31-18)25(23(28)22(19)27)16-8-10-17(11-9-16)32(24,29)30/h3-12,20,26H,1-2H3,(H2,24,29,30)/b21-19-. The first-order valence-corrected chi connectivity index (χ1v) is 11.2. The SMILES string of the molecule is Cc1ccc(/C(O)=C2/C(=O)C(=O)N(c3ccc(S(N)(=O)=O)cc3)C2c2ccc(C)o2)cc1. The lowest BCUT2D eigenvalue weighted by atomic mass is 9.98. The van der Waals surface area contributed by atoms with Crippen LogP contribution in [0.1, 0.15) is 28.7 Å². The van der Waals surface area contributed by atoms with E-state index in [0.717, 1.165) is 5.56 Å². The summed E-state index contributed by atoms with van der Waals surface area (Å²) in [6, 6.07) is 14.4. The van der Waals surface area contributed by atoms with E-state index in [2.05, 4.69) is 0 Å². The van der Waals surface area contributed by atoms with Crippen molar-refractivity contribution in [2.45, 2.75) is 24.8 Å². The van der Waals surface area contributed by atoms with Gasteiger partial charge in [-0.3, -0.25) is 14.5 Å². The third kappa shape index (κ3) is 3.72. The second kappa shape index (κ2) is 7.77. The molecule has 1 fully saturated rings. The maximum absolute atomic E-state index is 13.0. The van der Waals surface area contributed by atoms with Crippen LogP contribution in [-0.4, -0.2) is 25.2 Å². The molecule has 8 nitrogen and oxygen atoms in total. The highest BCUT2D eigenvalue weighted by Gasteiger charge is 2.48. The zero-order valence-electron chi connectivity index (χ0n) is 17.3. The van der Waals surface area contributed by atoms with Crippen molar-refractivity contribution in [3.8, 4) is 0 Å². The van der Waals surface area contributed by atoms with Crippen LogP contribution in [-0.2, 0) is 19.6 Å². The highest BCUT2D eigenvalue weighted by Crippen LogP contribution is 2.42. The molecular weight excluding hydrogens is 432 g/mol. The largest absolute Gasteiger partial charge is 0.507 e. The molecule has 164 valence electrons. The molecule has 1 unspecified atom stereocenters. The number of rotatable bonds is 4. The van der Waals surface area contributed by atoms with Crippen LogP contribution in [0.25, 0.3) is 5.76 Å². The van der Waals surface area contributed by atoms with Crippen molar-refractivity contribution in [2.24, 2.45) is 5.14 Å². The smallest absolute Gasteiger partial charge is 0.300 e. The molecule has 1 aliphatic heterocycles. The minimum absolute atomic E-state index is 0.122. The Morgan fingerprint density at radius 2 is 1.59 bits per heavy atom. The molecule has 3 N–H and O–H groups in total. The molecule has 0 saturated carbocycles. The summed E-state index contributed by atoms with van der Waals surface area (Å²) in [5, 5.41) is 16.1. The Morgan fingerprint density at radius 1 is 0.969 bits per heavy atom. The predicted molar refractivity (Wildman–Crippen MR) is 117 cm³/mol. The number of benzene rings is 2. The van der Waals surface area contributed by atoms with E-state index in [0.29, 0.717) is 11.3 Å². The fourth-order valence-corrected chi connectivity index (χ4v) is 4.15. The Kier molecular flexibility index (Phi) is 5.23. The Bertz CT molecular complexity index is 1350. The van der Waals surface area contributed by atoms with Crippen LogP contribution in [0.15, 0.2) is 75.5 Å². The van der Waals surface area contributed by atoms with Gasteiger partial charge >= 0.3 is 0 Å². The molecule has 0 spiro atoms. The van der Waals surface area contributed by atoms with Gasteiger partial charge in [0, 0.05) is 11.3 Å². The normalized spacial score (nSPS) is 18.3. The number of aliphatic hydroxyl groups excluding tert-OH is 1. The van der Waals surface area contributed by atoms with Crippen LogP contribution in [0.2, 0.25) is 0 Å². The van der Waals surface area contributed by atoms with E-state index >= 15 is 0 Å². The summed E-state index contributed by atoms with van der Waals surface area (Å²) in [6.45, 7) is 3.61. The van der Waals surface area contributed by atoms with E-state index in [4.69, 9.17) is 9.56 Å². The van der Waals surface area contributed by atoms with Gasteiger partial charge in [-0.1, -0.05) is 29.8 Å². The van der Waals surface area contributed by atoms with E-state index < -0.39 is 27.8 Å². The third-order valence-corrected chi connectivity index (χ3v) is 6.17. The summed E-state index contributed by atoms with van der Waals surface area (Å²) in [6.07, 6.45) is 0. The molecular formula is C23H20N2O6S. The van der Waals surface area contributed by atoms with E-state index in [1.807, 2.05) is 6.92 Å². The Labute approximate surface area is 184 Å².